The molecule has 0 aliphatic heterocycles. The number of hydrogen-bond donors (Lipinski definition) is 1. The van der Waals surface area contributed by atoms with Gasteiger partial charge in [0.05, 0.1) is 0 Å². The number of halogens is 1. The van der Waals surface area contributed by atoms with Crippen molar-refractivity contribution in [1.29, 1.82) is 0 Å². The Labute approximate surface area is 231 Å². The maximum atomic E-state index is 14.8. The molecule has 0 aromatic heterocycles. The molecule has 0 saturated heterocycles. The zero-order valence-electron chi connectivity index (χ0n) is 22.9. The summed E-state index contributed by atoms with van der Waals surface area (Å²) in [4.78, 5) is 29.0. The standard InChI is InChI=1S/C33H39FN2O3/c1-24(2)26-17-19-29(20-18-26)39-23-32(37)36(22-27-13-9-10-16-30(27)34)31(21-25-11-5-3-6-12-25)33(38)35-28-14-7-4-8-15-28/h3,5-6,9-13,16-20,24,28,31H,4,7-8,14-15,21-23H2,1-2H3,(H,35,38). The summed E-state index contributed by atoms with van der Waals surface area (Å²) >= 11 is 0. The first-order chi connectivity index (χ1) is 18.9. The number of hydrogen-bond acceptors (Lipinski definition) is 3. The zero-order chi connectivity index (χ0) is 27.6. The van der Waals surface area contributed by atoms with Crippen LogP contribution in [0.2, 0.25) is 0 Å². The maximum Gasteiger partial charge on any atom is 0.261 e. The lowest BCUT2D eigenvalue weighted by molar-refractivity contribution is -0.143. The summed E-state index contributed by atoms with van der Waals surface area (Å²) in [7, 11) is 0. The van der Waals surface area contributed by atoms with Gasteiger partial charge in [-0.3, -0.25) is 9.59 Å². The van der Waals surface area contributed by atoms with Crippen molar-refractivity contribution >= 4 is 11.8 Å². The SMILES string of the molecule is CC(C)c1ccc(OCC(=O)N(Cc2ccccc2F)C(Cc2ccccc2)C(=O)NC2CCCCC2)cc1. The second-order valence-corrected chi connectivity index (χ2v) is 10.7. The lowest BCUT2D eigenvalue weighted by atomic mass is 9.94. The van der Waals surface area contributed by atoms with E-state index in [4.69, 9.17) is 4.74 Å². The van der Waals surface area contributed by atoms with Crippen LogP contribution in [0.25, 0.3) is 0 Å². The Bertz CT molecular complexity index is 1210. The first kappa shape index (κ1) is 28.3. The van der Waals surface area contributed by atoms with Crippen molar-refractivity contribution in [1.82, 2.24) is 10.2 Å². The fourth-order valence-electron chi connectivity index (χ4n) is 5.09. The minimum Gasteiger partial charge on any atom is -0.484 e. The molecule has 1 fully saturated rings. The predicted molar refractivity (Wildman–Crippen MR) is 152 cm³/mol. The lowest BCUT2D eigenvalue weighted by Crippen LogP contribution is -2.53. The van der Waals surface area contributed by atoms with E-state index in [-0.39, 0.29) is 31.0 Å². The third-order valence-corrected chi connectivity index (χ3v) is 7.43. The van der Waals surface area contributed by atoms with E-state index in [0.717, 1.165) is 31.2 Å². The minimum atomic E-state index is -0.812. The van der Waals surface area contributed by atoms with Crippen molar-refractivity contribution in [3.8, 4) is 5.75 Å². The van der Waals surface area contributed by atoms with E-state index in [1.54, 1.807) is 18.2 Å². The van der Waals surface area contributed by atoms with Gasteiger partial charge in [0.2, 0.25) is 5.91 Å². The number of ether oxygens (including phenoxy) is 1. The Morgan fingerprint density at radius 3 is 2.26 bits per heavy atom. The van der Waals surface area contributed by atoms with Gasteiger partial charge in [-0.15, -0.1) is 0 Å². The fraction of sp³-hybridized carbons (Fsp3) is 0.394. The number of carbonyl (C=O) groups excluding carboxylic acids is 2. The van der Waals surface area contributed by atoms with Crippen LogP contribution in [0.1, 0.15) is 68.6 Å². The van der Waals surface area contributed by atoms with Crippen molar-refractivity contribution in [2.24, 2.45) is 0 Å². The molecule has 4 rings (SSSR count). The first-order valence-electron chi connectivity index (χ1n) is 14.0. The normalized spacial score (nSPS) is 14.6. The van der Waals surface area contributed by atoms with Gasteiger partial charge in [0.1, 0.15) is 17.6 Å². The van der Waals surface area contributed by atoms with E-state index in [1.165, 1.54) is 23.0 Å². The molecule has 2 amide bonds. The highest BCUT2D eigenvalue weighted by molar-refractivity contribution is 5.88. The molecule has 5 nitrogen and oxygen atoms in total. The molecular formula is C33H39FN2O3. The number of carbonyl (C=O) groups is 2. The summed E-state index contributed by atoms with van der Waals surface area (Å²) in [6.07, 6.45) is 5.52. The molecule has 0 bridgehead atoms. The van der Waals surface area contributed by atoms with E-state index >= 15 is 0 Å². The highest BCUT2D eigenvalue weighted by atomic mass is 19.1. The number of nitrogens with one attached hydrogen (secondary N) is 1. The van der Waals surface area contributed by atoms with Crippen molar-refractivity contribution < 1.29 is 18.7 Å². The van der Waals surface area contributed by atoms with Crippen molar-refractivity contribution in [2.75, 3.05) is 6.61 Å². The summed E-state index contributed by atoms with van der Waals surface area (Å²) in [5, 5.41) is 3.20. The van der Waals surface area contributed by atoms with Crippen molar-refractivity contribution in [3.63, 3.8) is 0 Å². The summed E-state index contributed by atoms with van der Waals surface area (Å²) < 4.78 is 20.6. The second-order valence-electron chi connectivity index (χ2n) is 10.7. The van der Waals surface area contributed by atoms with Gasteiger partial charge in [-0.05, 0) is 48.1 Å². The minimum absolute atomic E-state index is 0.0310. The molecule has 3 aromatic carbocycles. The third-order valence-electron chi connectivity index (χ3n) is 7.43. The van der Waals surface area contributed by atoms with Gasteiger partial charge in [0.15, 0.2) is 6.61 Å². The average Bonchev–Trinajstić information content (AvgIpc) is 2.95. The Kier molecular flexibility index (Phi) is 10.1. The third kappa shape index (κ3) is 8.16. The Balaban J connectivity index is 1.59. The zero-order valence-corrected chi connectivity index (χ0v) is 22.9. The van der Waals surface area contributed by atoms with E-state index in [1.807, 2.05) is 54.6 Å². The van der Waals surface area contributed by atoms with Gasteiger partial charge in [-0.25, -0.2) is 4.39 Å². The molecule has 1 aliphatic rings. The molecule has 1 N–H and O–H groups in total. The molecule has 1 atom stereocenters. The predicted octanol–water partition coefficient (Wildman–Crippen LogP) is 6.42. The van der Waals surface area contributed by atoms with Crippen LogP contribution in [-0.2, 0) is 22.6 Å². The number of amides is 2. The summed E-state index contributed by atoms with van der Waals surface area (Å²) in [6, 6.07) is 23.0. The topological polar surface area (TPSA) is 58.6 Å². The second kappa shape index (κ2) is 13.9. The number of nitrogens with zero attached hydrogens (tertiary/aromatic N) is 1. The molecule has 0 heterocycles. The van der Waals surface area contributed by atoms with Crippen LogP contribution >= 0.6 is 0 Å². The number of benzene rings is 3. The molecule has 206 valence electrons. The van der Waals surface area contributed by atoms with Gasteiger partial charge in [0, 0.05) is 24.6 Å². The van der Waals surface area contributed by atoms with Crippen LogP contribution in [-0.4, -0.2) is 35.4 Å². The van der Waals surface area contributed by atoms with Crippen molar-refractivity contribution in [3.05, 3.63) is 101 Å². The highest BCUT2D eigenvalue weighted by Crippen LogP contribution is 2.22. The Morgan fingerprint density at radius 2 is 1.59 bits per heavy atom. The van der Waals surface area contributed by atoms with Gasteiger partial charge in [-0.2, -0.15) is 0 Å². The van der Waals surface area contributed by atoms with Crippen LogP contribution in [0.15, 0.2) is 78.9 Å². The average molecular weight is 531 g/mol. The molecule has 1 saturated carbocycles. The molecule has 1 aliphatic carbocycles. The smallest absolute Gasteiger partial charge is 0.261 e. The van der Waals surface area contributed by atoms with E-state index in [0.29, 0.717) is 23.7 Å². The molecule has 0 spiro atoms. The highest BCUT2D eigenvalue weighted by Gasteiger charge is 2.32. The maximum absolute atomic E-state index is 14.8. The van der Waals surface area contributed by atoms with Crippen LogP contribution in [0.4, 0.5) is 4.39 Å². The van der Waals surface area contributed by atoms with Gasteiger partial charge in [-0.1, -0.05) is 93.8 Å². The van der Waals surface area contributed by atoms with Crippen molar-refractivity contribution in [2.45, 2.75) is 76.9 Å². The van der Waals surface area contributed by atoms with E-state index in [9.17, 15) is 14.0 Å². The molecule has 0 radical (unpaired) electrons. The van der Waals surface area contributed by atoms with Gasteiger partial charge in [0.25, 0.3) is 5.91 Å². The van der Waals surface area contributed by atoms with Crippen LogP contribution < -0.4 is 10.1 Å². The fourth-order valence-corrected chi connectivity index (χ4v) is 5.09. The Hall–Kier alpha value is -3.67. The molecular weight excluding hydrogens is 491 g/mol. The summed E-state index contributed by atoms with van der Waals surface area (Å²) in [5.74, 6) is -0.0301. The van der Waals surface area contributed by atoms with Crippen LogP contribution in [0.5, 0.6) is 5.75 Å². The van der Waals surface area contributed by atoms with E-state index < -0.39 is 11.9 Å². The van der Waals surface area contributed by atoms with Gasteiger partial charge >= 0.3 is 0 Å². The quantitative estimate of drug-likeness (QED) is 0.311. The summed E-state index contributed by atoms with van der Waals surface area (Å²) in [6.45, 7) is 3.95. The monoisotopic (exact) mass is 530 g/mol. The largest absolute Gasteiger partial charge is 0.484 e. The molecule has 6 heteroatoms. The molecule has 39 heavy (non-hydrogen) atoms. The van der Waals surface area contributed by atoms with Crippen LogP contribution in [0, 0.1) is 5.82 Å². The Morgan fingerprint density at radius 1 is 0.923 bits per heavy atom. The van der Waals surface area contributed by atoms with Gasteiger partial charge < -0.3 is 15.0 Å². The van der Waals surface area contributed by atoms with Crippen LogP contribution in [0.3, 0.4) is 0 Å². The number of rotatable bonds is 11. The summed E-state index contributed by atoms with van der Waals surface area (Å²) in [5.41, 5.74) is 2.46. The lowest BCUT2D eigenvalue weighted by Gasteiger charge is -2.33. The molecule has 3 aromatic rings. The molecule has 1 unspecified atom stereocenters. The first-order valence-corrected chi connectivity index (χ1v) is 14.0. The van der Waals surface area contributed by atoms with E-state index in [2.05, 4.69) is 19.2 Å².